The van der Waals surface area contributed by atoms with Crippen molar-refractivity contribution in [2.45, 2.75) is 52.7 Å². The molecule has 0 aliphatic carbocycles. The third kappa shape index (κ3) is 3.70. The smallest absolute Gasteiger partial charge is 0.122 e. The monoisotopic (exact) mass is 271 g/mol. The van der Waals surface area contributed by atoms with Gasteiger partial charge in [0, 0.05) is 25.0 Å². The standard InChI is InChI=1S/C17H25N3/c1-4-11-20-12-10-18-17(20)13-19-16(5-2)15-8-6-14(3)7-9-15/h6-10,12,16,19H,4-5,11,13H2,1-3H3. The lowest BCUT2D eigenvalue weighted by Crippen LogP contribution is -2.22. The van der Waals surface area contributed by atoms with E-state index in [1.165, 1.54) is 11.1 Å². The zero-order valence-electron chi connectivity index (χ0n) is 12.8. The molecule has 0 aliphatic rings. The summed E-state index contributed by atoms with van der Waals surface area (Å²) < 4.78 is 2.23. The summed E-state index contributed by atoms with van der Waals surface area (Å²) in [7, 11) is 0. The molecule has 1 heterocycles. The summed E-state index contributed by atoms with van der Waals surface area (Å²) in [6.07, 6.45) is 6.17. The van der Waals surface area contributed by atoms with E-state index in [-0.39, 0.29) is 0 Å². The summed E-state index contributed by atoms with van der Waals surface area (Å²) in [6.45, 7) is 8.39. The lowest BCUT2D eigenvalue weighted by atomic mass is 10.0. The van der Waals surface area contributed by atoms with Crippen LogP contribution in [-0.4, -0.2) is 9.55 Å². The van der Waals surface area contributed by atoms with Gasteiger partial charge in [0.25, 0.3) is 0 Å². The van der Waals surface area contributed by atoms with Gasteiger partial charge in [-0.15, -0.1) is 0 Å². The average Bonchev–Trinajstić information content (AvgIpc) is 2.89. The molecule has 1 N–H and O–H groups in total. The highest BCUT2D eigenvalue weighted by Crippen LogP contribution is 2.17. The number of aromatic nitrogens is 2. The van der Waals surface area contributed by atoms with Crippen LogP contribution in [0.1, 0.15) is 49.7 Å². The molecule has 108 valence electrons. The summed E-state index contributed by atoms with van der Waals surface area (Å²) in [5.41, 5.74) is 2.66. The van der Waals surface area contributed by atoms with Crippen molar-refractivity contribution in [3.63, 3.8) is 0 Å². The van der Waals surface area contributed by atoms with Crippen LogP contribution in [0, 0.1) is 6.92 Å². The van der Waals surface area contributed by atoms with Crippen LogP contribution in [-0.2, 0) is 13.1 Å². The molecule has 2 aromatic rings. The van der Waals surface area contributed by atoms with Gasteiger partial charge in [0.15, 0.2) is 0 Å². The van der Waals surface area contributed by atoms with Gasteiger partial charge in [0.05, 0.1) is 6.54 Å². The molecule has 0 bridgehead atoms. The van der Waals surface area contributed by atoms with E-state index in [4.69, 9.17) is 0 Å². The molecule has 0 saturated carbocycles. The second-order valence-electron chi connectivity index (χ2n) is 5.29. The largest absolute Gasteiger partial charge is 0.334 e. The van der Waals surface area contributed by atoms with Crippen LogP contribution >= 0.6 is 0 Å². The van der Waals surface area contributed by atoms with E-state index in [0.717, 1.165) is 31.8 Å². The third-order valence-corrected chi connectivity index (χ3v) is 3.66. The fourth-order valence-electron chi connectivity index (χ4n) is 2.46. The normalized spacial score (nSPS) is 12.6. The molecular weight excluding hydrogens is 246 g/mol. The number of imidazole rings is 1. The summed E-state index contributed by atoms with van der Waals surface area (Å²) in [5, 5.41) is 3.62. The first-order valence-corrected chi connectivity index (χ1v) is 7.54. The highest BCUT2D eigenvalue weighted by atomic mass is 15.1. The summed E-state index contributed by atoms with van der Waals surface area (Å²) >= 11 is 0. The summed E-state index contributed by atoms with van der Waals surface area (Å²) in [5.74, 6) is 1.12. The topological polar surface area (TPSA) is 29.9 Å². The first-order valence-electron chi connectivity index (χ1n) is 7.54. The number of nitrogens with zero attached hydrogens (tertiary/aromatic N) is 2. The second kappa shape index (κ2) is 7.25. The Balaban J connectivity index is 2.00. The molecule has 0 radical (unpaired) electrons. The van der Waals surface area contributed by atoms with Crippen LogP contribution in [0.25, 0.3) is 0 Å². The maximum absolute atomic E-state index is 4.45. The van der Waals surface area contributed by atoms with Gasteiger partial charge < -0.3 is 9.88 Å². The van der Waals surface area contributed by atoms with Crippen LogP contribution in [0.5, 0.6) is 0 Å². The Kier molecular flexibility index (Phi) is 5.36. The number of hydrogen-bond acceptors (Lipinski definition) is 2. The zero-order valence-corrected chi connectivity index (χ0v) is 12.8. The van der Waals surface area contributed by atoms with E-state index >= 15 is 0 Å². The van der Waals surface area contributed by atoms with E-state index in [2.05, 4.69) is 66.1 Å². The minimum absolute atomic E-state index is 0.391. The molecule has 1 aromatic heterocycles. The Hall–Kier alpha value is -1.61. The van der Waals surface area contributed by atoms with Crippen molar-refractivity contribution in [2.75, 3.05) is 0 Å². The highest BCUT2D eigenvalue weighted by Gasteiger charge is 2.10. The predicted molar refractivity (Wildman–Crippen MR) is 83.6 cm³/mol. The molecular formula is C17H25N3. The average molecular weight is 271 g/mol. The van der Waals surface area contributed by atoms with Gasteiger partial charge in [-0.25, -0.2) is 4.98 Å². The quantitative estimate of drug-likeness (QED) is 0.829. The SMILES string of the molecule is CCCn1ccnc1CNC(CC)c1ccc(C)cc1. The van der Waals surface area contributed by atoms with Crippen LogP contribution in [0.4, 0.5) is 0 Å². The molecule has 0 fully saturated rings. The lowest BCUT2D eigenvalue weighted by Gasteiger charge is -2.18. The molecule has 3 nitrogen and oxygen atoms in total. The van der Waals surface area contributed by atoms with Crippen molar-refractivity contribution in [3.05, 3.63) is 53.6 Å². The molecule has 0 amide bonds. The third-order valence-electron chi connectivity index (χ3n) is 3.66. The van der Waals surface area contributed by atoms with Gasteiger partial charge in [-0.1, -0.05) is 43.7 Å². The molecule has 20 heavy (non-hydrogen) atoms. The molecule has 0 aliphatic heterocycles. The molecule has 3 heteroatoms. The van der Waals surface area contributed by atoms with Gasteiger partial charge >= 0.3 is 0 Å². The van der Waals surface area contributed by atoms with Gasteiger partial charge in [-0.2, -0.15) is 0 Å². The maximum Gasteiger partial charge on any atom is 0.122 e. The first kappa shape index (κ1) is 14.8. The first-order chi connectivity index (χ1) is 9.74. The van der Waals surface area contributed by atoms with Crippen LogP contribution in [0.2, 0.25) is 0 Å². The van der Waals surface area contributed by atoms with Gasteiger partial charge in [-0.05, 0) is 25.3 Å². The van der Waals surface area contributed by atoms with Crippen molar-refractivity contribution < 1.29 is 0 Å². The second-order valence-corrected chi connectivity index (χ2v) is 5.29. The lowest BCUT2D eigenvalue weighted by molar-refractivity contribution is 0.493. The fraction of sp³-hybridized carbons (Fsp3) is 0.471. The predicted octanol–water partition coefficient (Wildman–Crippen LogP) is 3.84. The minimum atomic E-state index is 0.391. The summed E-state index contributed by atoms with van der Waals surface area (Å²) in [4.78, 5) is 4.45. The van der Waals surface area contributed by atoms with Crippen LogP contribution < -0.4 is 5.32 Å². The van der Waals surface area contributed by atoms with Crippen molar-refractivity contribution in [2.24, 2.45) is 0 Å². The Morgan fingerprint density at radius 2 is 1.95 bits per heavy atom. The molecule has 0 saturated heterocycles. The zero-order chi connectivity index (χ0) is 14.4. The molecule has 0 spiro atoms. The maximum atomic E-state index is 4.45. The molecule has 1 unspecified atom stereocenters. The number of nitrogens with one attached hydrogen (secondary N) is 1. The van der Waals surface area contributed by atoms with E-state index in [0.29, 0.717) is 6.04 Å². The van der Waals surface area contributed by atoms with Crippen LogP contribution in [0.3, 0.4) is 0 Å². The Bertz CT molecular complexity index is 513. The number of benzene rings is 1. The molecule has 2 rings (SSSR count). The van der Waals surface area contributed by atoms with E-state index in [1.807, 2.05) is 6.20 Å². The van der Waals surface area contributed by atoms with Crippen molar-refractivity contribution >= 4 is 0 Å². The van der Waals surface area contributed by atoms with Crippen molar-refractivity contribution in [3.8, 4) is 0 Å². The Labute approximate surface area is 122 Å². The van der Waals surface area contributed by atoms with E-state index in [9.17, 15) is 0 Å². The van der Waals surface area contributed by atoms with Crippen LogP contribution in [0.15, 0.2) is 36.7 Å². The van der Waals surface area contributed by atoms with E-state index in [1.54, 1.807) is 0 Å². The van der Waals surface area contributed by atoms with Gasteiger partial charge in [-0.3, -0.25) is 0 Å². The van der Waals surface area contributed by atoms with Crippen molar-refractivity contribution in [1.82, 2.24) is 14.9 Å². The van der Waals surface area contributed by atoms with Gasteiger partial charge in [0.1, 0.15) is 5.82 Å². The van der Waals surface area contributed by atoms with E-state index < -0.39 is 0 Å². The van der Waals surface area contributed by atoms with Gasteiger partial charge in [0.2, 0.25) is 0 Å². The highest BCUT2D eigenvalue weighted by molar-refractivity contribution is 5.24. The van der Waals surface area contributed by atoms with Crippen molar-refractivity contribution in [1.29, 1.82) is 0 Å². The molecule has 1 atom stereocenters. The fourth-order valence-corrected chi connectivity index (χ4v) is 2.46. The Morgan fingerprint density at radius 1 is 1.20 bits per heavy atom. The number of rotatable bonds is 7. The Morgan fingerprint density at radius 3 is 2.60 bits per heavy atom. The minimum Gasteiger partial charge on any atom is -0.334 e. The number of aryl methyl sites for hydroxylation is 2. The number of hydrogen-bond donors (Lipinski definition) is 1. The summed E-state index contributed by atoms with van der Waals surface area (Å²) in [6, 6.07) is 9.18. The molecule has 1 aromatic carbocycles.